The van der Waals surface area contributed by atoms with Gasteiger partial charge < -0.3 is 4.40 Å². The van der Waals surface area contributed by atoms with Crippen LogP contribution in [0, 0.1) is 0 Å². The van der Waals surface area contributed by atoms with Gasteiger partial charge in [0.1, 0.15) is 9.63 Å². The van der Waals surface area contributed by atoms with E-state index in [0.717, 1.165) is 24.0 Å². The van der Waals surface area contributed by atoms with Crippen molar-refractivity contribution >= 4 is 56.4 Å². The zero-order chi connectivity index (χ0) is 12.5. The summed E-state index contributed by atoms with van der Waals surface area (Å²) in [6.07, 6.45) is 7.50. The van der Waals surface area contributed by atoms with Gasteiger partial charge in [-0.15, -0.1) is 10.2 Å². The Morgan fingerprint density at radius 3 is 2.94 bits per heavy atom. The molecular formula is C9H6BrN5S3. The van der Waals surface area contributed by atoms with E-state index in [0.29, 0.717) is 0 Å². The fraction of sp³-hybridized carbons (Fsp3) is 0.111. The van der Waals surface area contributed by atoms with Crippen LogP contribution in [0.5, 0.6) is 0 Å². The summed E-state index contributed by atoms with van der Waals surface area (Å²) in [5, 5.41) is 9.00. The molecule has 0 saturated heterocycles. The first kappa shape index (κ1) is 12.4. The molecule has 0 bridgehead atoms. The Kier molecular flexibility index (Phi) is 3.55. The standard InChI is InChI=1S/C9H6BrN5S3/c1-16-8-13-14-9(18-8)17-7-6-11-2-3-15(6)4-5(10)12-7/h2-4H,1H3. The molecule has 3 heterocycles. The minimum atomic E-state index is 0.769. The van der Waals surface area contributed by atoms with Crippen molar-refractivity contribution in [3.8, 4) is 0 Å². The first-order chi connectivity index (χ1) is 8.76. The monoisotopic (exact) mass is 359 g/mol. The number of halogens is 1. The van der Waals surface area contributed by atoms with E-state index < -0.39 is 0 Å². The average molecular weight is 360 g/mol. The third-order valence-corrected chi connectivity index (χ3v) is 5.36. The predicted molar refractivity (Wildman–Crippen MR) is 76.5 cm³/mol. The van der Waals surface area contributed by atoms with Gasteiger partial charge in [-0.3, -0.25) is 0 Å². The van der Waals surface area contributed by atoms with Crippen LogP contribution in [0.4, 0.5) is 0 Å². The summed E-state index contributed by atoms with van der Waals surface area (Å²) in [4.78, 5) is 8.73. The maximum absolute atomic E-state index is 4.43. The highest BCUT2D eigenvalue weighted by Crippen LogP contribution is 2.33. The van der Waals surface area contributed by atoms with Gasteiger partial charge >= 0.3 is 0 Å². The molecule has 0 aliphatic carbocycles. The van der Waals surface area contributed by atoms with Crippen molar-refractivity contribution in [2.45, 2.75) is 13.7 Å². The van der Waals surface area contributed by atoms with Crippen LogP contribution < -0.4 is 0 Å². The van der Waals surface area contributed by atoms with Gasteiger partial charge in [0, 0.05) is 18.6 Å². The lowest BCUT2D eigenvalue weighted by Gasteiger charge is -2.00. The zero-order valence-electron chi connectivity index (χ0n) is 9.07. The first-order valence-electron chi connectivity index (χ1n) is 4.81. The Morgan fingerprint density at radius 1 is 1.33 bits per heavy atom. The van der Waals surface area contributed by atoms with Crippen molar-refractivity contribution in [1.82, 2.24) is 24.6 Å². The first-order valence-corrected chi connectivity index (χ1v) is 8.46. The van der Waals surface area contributed by atoms with Crippen molar-refractivity contribution in [2.24, 2.45) is 0 Å². The van der Waals surface area contributed by atoms with Gasteiger partial charge in [0.15, 0.2) is 14.3 Å². The van der Waals surface area contributed by atoms with Crippen LogP contribution in [-0.4, -0.2) is 30.8 Å². The summed E-state index contributed by atoms with van der Waals surface area (Å²) in [7, 11) is 0. The van der Waals surface area contributed by atoms with E-state index in [1.165, 1.54) is 11.8 Å². The lowest BCUT2D eigenvalue weighted by molar-refractivity contribution is 0.950. The third kappa shape index (κ3) is 2.40. The molecule has 0 aliphatic rings. The number of aromatic nitrogens is 5. The van der Waals surface area contributed by atoms with Crippen LogP contribution in [0.1, 0.15) is 0 Å². The van der Waals surface area contributed by atoms with Crippen LogP contribution in [0.15, 0.2) is 36.9 Å². The number of rotatable bonds is 3. The second-order valence-electron chi connectivity index (χ2n) is 3.17. The highest BCUT2D eigenvalue weighted by molar-refractivity contribution is 9.10. The smallest absolute Gasteiger partial charge is 0.181 e. The molecule has 0 saturated carbocycles. The molecule has 0 fully saturated rings. The molecule has 3 aromatic rings. The van der Waals surface area contributed by atoms with Crippen molar-refractivity contribution < 1.29 is 0 Å². The van der Waals surface area contributed by atoms with E-state index >= 15 is 0 Å². The summed E-state index contributed by atoms with van der Waals surface area (Å²) in [5.74, 6) is 0. The Hall–Kier alpha value is -0.640. The van der Waals surface area contributed by atoms with Gasteiger partial charge in [-0.2, -0.15) is 0 Å². The van der Waals surface area contributed by atoms with Crippen LogP contribution >= 0.6 is 50.8 Å². The molecule has 3 aromatic heterocycles. The molecule has 3 rings (SSSR count). The van der Waals surface area contributed by atoms with Crippen LogP contribution in [0.2, 0.25) is 0 Å². The molecule has 0 atom stereocenters. The quantitative estimate of drug-likeness (QED) is 0.669. The third-order valence-electron chi connectivity index (χ3n) is 2.06. The number of fused-ring (bicyclic) bond motifs is 1. The summed E-state index contributed by atoms with van der Waals surface area (Å²) >= 11 is 8.02. The molecule has 92 valence electrons. The Balaban J connectivity index is 2.00. The van der Waals surface area contributed by atoms with Crippen LogP contribution in [0.25, 0.3) is 5.65 Å². The molecule has 0 aliphatic heterocycles. The zero-order valence-corrected chi connectivity index (χ0v) is 13.1. The number of hydrogen-bond donors (Lipinski definition) is 0. The Labute approximate surface area is 124 Å². The van der Waals surface area contributed by atoms with E-state index in [9.17, 15) is 0 Å². The fourth-order valence-electron chi connectivity index (χ4n) is 1.35. The van der Waals surface area contributed by atoms with Crippen molar-refractivity contribution in [3.05, 3.63) is 23.2 Å². The molecule has 0 N–H and O–H groups in total. The second kappa shape index (κ2) is 5.16. The average Bonchev–Trinajstić information content (AvgIpc) is 2.97. The highest BCUT2D eigenvalue weighted by atomic mass is 79.9. The maximum atomic E-state index is 4.43. The van der Waals surface area contributed by atoms with Gasteiger partial charge in [-0.1, -0.05) is 23.1 Å². The van der Waals surface area contributed by atoms with Crippen LogP contribution in [0.3, 0.4) is 0 Å². The molecule has 0 unspecified atom stereocenters. The van der Waals surface area contributed by atoms with Crippen LogP contribution in [-0.2, 0) is 0 Å². The molecule has 0 spiro atoms. The predicted octanol–water partition coefficient (Wildman–Crippen LogP) is 3.22. The van der Waals surface area contributed by atoms with E-state index in [-0.39, 0.29) is 0 Å². The normalized spacial score (nSPS) is 11.2. The molecule has 18 heavy (non-hydrogen) atoms. The Morgan fingerprint density at radius 2 is 2.17 bits per heavy atom. The lowest BCUT2D eigenvalue weighted by Crippen LogP contribution is -1.91. The van der Waals surface area contributed by atoms with Crippen molar-refractivity contribution in [2.75, 3.05) is 6.26 Å². The number of thioether (sulfide) groups is 1. The summed E-state index contributed by atoms with van der Waals surface area (Å²) < 4.78 is 4.52. The van der Waals surface area contributed by atoms with E-state index in [2.05, 4.69) is 36.1 Å². The van der Waals surface area contributed by atoms with E-state index in [1.54, 1.807) is 29.3 Å². The number of imidazole rings is 1. The molecule has 0 aromatic carbocycles. The Bertz CT molecular complexity index is 694. The summed E-state index contributed by atoms with van der Waals surface area (Å²) in [6.45, 7) is 0. The van der Waals surface area contributed by atoms with E-state index in [4.69, 9.17) is 0 Å². The summed E-state index contributed by atoms with van der Waals surface area (Å²) in [6, 6.07) is 0. The number of hydrogen-bond acceptors (Lipinski definition) is 7. The van der Waals surface area contributed by atoms with Gasteiger partial charge in [-0.05, 0) is 33.9 Å². The van der Waals surface area contributed by atoms with E-state index in [1.807, 2.05) is 23.1 Å². The van der Waals surface area contributed by atoms with Gasteiger partial charge in [-0.25, -0.2) is 9.97 Å². The molecule has 0 amide bonds. The molecule has 9 heteroatoms. The lowest BCUT2D eigenvalue weighted by atomic mass is 10.7. The highest BCUT2D eigenvalue weighted by Gasteiger charge is 2.11. The molecular weight excluding hydrogens is 354 g/mol. The van der Waals surface area contributed by atoms with Gasteiger partial charge in [0.25, 0.3) is 0 Å². The minimum Gasteiger partial charge on any atom is -0.302 e. The number of nitrogens with zero attached hydrogens (tertiary/aromatic N) is 5. The largest absolute Gasteiger partial charge is 0.302 e. The van der Waals surface area contributed by atoms with Gasteiger partial charge in [0.2, 0.25) is 0 Å². The SMILES string of the molecule is CSc1nnc(Sc2nc(Br)cn3ccnc23)s1. The summed E-state index contributed by atoms with van der Waals surface area (Å²) in [5.41, 5.74) is 0.823. The molecule has 5 nitrogen and oxygen atoms in total. The molecule has 0 radical (unpaired) electrons. The minimum absolute atomic E-state index is 0.769. The van der Waals surface area contributed by atoms with Crippen molar-refractivity contribution in [1.29, 1.82) is 0 Å². The van der Waals surface area contributed by atoms with Crippen molar-refractivity contribution in [3.63, 3.8) is 0 Å². The second-order valence-corrected chi connectivity index (χ2v) is 7.25. The topological polar surface area (TPSA) is 56.0 Å². The maximum Gasteiger partial charge on any atom is 0.181 e. The van der Waals surface area contributed by atoms with Gasteiger partial charge in [0.05, 0.1) is 0 Å². The fourth-order valence-corrected chi connectivity index (χ4v) is 4.31.